The number of benzene rings is 3. The molecule has 1 aromatic heterocycles. The highest BCUT2D eigenvalue weighted by molar-refractivity contribution is 6.07. The van der Waals surface area contributed by atoms with Crippen LogP contribution >= 0.6 is 0 Å². The number of nitrogens with zero attached hydrogens (tertiary/aromatic N) is 2. The minimum absolute atomic E-state index is 0.0422. The number of fused-ring (bicyclic) bond motifs is 3. The minimum Gasteiger partial charge on any atom is -0.495 e. The van der Waals surface area contributed by atoms with Gasteiger partial charge < -0.3 is 19.4 Å². The molecule has 0 atom stereocenters. The average Bonchev–Trinajstić information content (AvgIpc) is 3.25. The number of anilines is 1. The van der Waals surface area contributed by atoms with Crippen LogP contribution in [0, 0.1) is 0 Å². The van der Waals surface area contributed by atoms with E-state index in [4.69, 9.17) is 9.15 Å². The Bertz CT molecular complexity index is 1370. The molecule has 0 unspecified atom stereocenters. The van der Waals surface area contributed by atoms with E-state index in [0.717, 1.165) is 22.8 Å². The normalized spacial score (nSPS) is 14.4. The molecule has 1 aliphatic heterocycles. The lowest BCUT2D eigenvalue weighted by Crippen LogP contribution is -2.50. The van der Waals surface area contributed by atoms with Gasteiger partial charge in [-0.3, -0.25) is 14.5 Å². The lowest BCUT2D eigenvalue weighted by atomic mass is 10.1. The summed E-state index contributed by atoms with van der Waals surface area (Å²) >= 11 is 0. The van der Waals surface area contributed by atoms with Gasteiger partial charge in [-0.15, -0.1) is 0 Å². The van der Waals surface area contributed by atoms with E-state index < -0.39 is 0 Å². The number of amides is 2. The SMILES string of the molecule is CCc1ccc(C(=O)N2CCN(CC(=O)Nc3cc4oc5ccccc5c4cc3OC)CC2)cc1. The first kappa shape index (κ1) is 22.9. The number of piperazine rings is 1. The molecule has 5 rings (SSSR count). The summed E-state index contributed by atoms with van der Waals surface area (Å²) in [4.78, 5) is 29.6. The van der Waals surface area contributed by atoms with E-state index in [1.54, 1.807) is 7.11 Å². The largest absolute Gasteiger partial charge is 0.495 e. The number of para-hydroxylation sites is 1. The molecule has 2 heterocycles. The molecule has 35 heavy (non-hydrogen) atoms. The van der Waals surface area contributed by atoms with Gasteiger partial charge in [0.15, 0.2) is 0 Å². The van der Waals surface area contributed by atoms with Gasteiger partial charge in [0.2, 0.25) is 5.91 Å². The van der Waals surface area contributed by atoms with E-state index >= 15 is 0 Å². The van der Waals surface area contributed by atoms with Crippen molar-refractivity contribution in [3.8, 4) is 5.75 Å². The molecular weight excluding hydrogens is 442 g/mol. The lowest BCUT2D eigenvalue weighted by molar-refractivity contribution is -0.117. The third kappa shape index (κ3) is 4.72. The van der Waals surface area contributed by atoms with Crippen LogP contribution in [0.2, 0.25) is 0 Å². The molecule has 0 saturated carbocycles. The van der Waals surface area contributed by atoms with Crippen molar-refractivity contribution in [1.29, 1.82) is 0 Å². The maximum Gasteiger partial charge on any atom is 0.253 e. The highest BCUT2D eigenvalue weighted by Crippen LogP contribution is 2.36. The molecule has 0 radical (unpaired) electrons. The van der Waals surface area contributed by atoms with E-state index in [1.807, 2.05) is 65.6 Å². The van der Waals surface area contributed by atoms with E-state index in [9.17, 15) is 9.59 Å². The molecule has 180 valence electrons. The first-order valence-corrected chi connectivity index (χ1v) is 12.0. The number of rotatable bonds is 6. The van der Waals surface area contributed by atoms with Crippen molar-refractivity contribution in [1.82, 2.24) is 9.80 Å². The Morgan fingerprint density at radius 2 is 1.69 bits per heavy atom. The summed E-state index contributed by atoms with van der Waals surface area (Å²) in [5.41, 5.74) is 3.99. The van der Waals surface area contributed by atoms with Gasteiger partial charge in [0, 0.05) is 48.6 Å². The number of carbonyl (C=O) groups excluding carboxylic acids is 2. The highest BCUT2D eigenvalue weighted by atomic mass is 16.5. The zero-order valence-corrected chi connectivity index (χ0v) is 20.0. The number of hydrogen-bond acceptors (Lipinski definition) is 5. The number of hydrogen-bond donors (Lipinski definition) is 1. The predicted molar refractivity (Wildman–Crippen MR) is 137 cm³/mol. The van der Waals surface area contributed by atoms with E-state index in [-0.39, 0.29) is 18.4 Å². The van der Waals surface area contributed by atoms with E-state index in [1.165, 1.54) is 5.56 Å². The summed E-state index contributed by atoms with van der Waals surface area (Å²) in [7, 11) is 1.59. The van der Waals surface area contributed by atoms with Gasteiger partial charge in [-0.2, -0.15) is 0 Å². The van der Waals surface area contributed by atoms with Crippen molar-refractivity contribution in [3.05, 3.63) is 71.8 Å². The summed E-state index contributed by atoms with van der Waals surface area (Å²) in [6.45, 7) is 4.82. The van der Waals surface area contributed by atoms with Gasteiger partial charge in [0.05, 0.1) is 19.3 Å². The summed E-state index contributed by atoms with van der Waals surface area (Å²) in [6.07, 6.45) is 0.952. The molecule has 1 aliphatic rings. The van der Waals surface area contributed by atoms with Crippen LogP contribution < -0.4 is 10.1 Å². The second-order valence-corrected chi connectivity index (χ2v) is 8.81. The molecular formula is C28H29N3O4. The number of nitrogens with one attached hydrogen (secondary N) is 1. The smallest absolute Gasteiger partial charge is 0.253 e. The third-order valence-electron chi connectivity index (χ3n) is 6.61. The fourth-order valence-corrected chi connectivity index (χ4v) is 4.59. The second-order valence-electron chi connectivity index (χ2n) is 8.81. The quantitative estimate of drug-likeness (QED) is 0.446. The fraction of sp³-hybridized carbons (Fsp3) is 0.286. The van der Waals surface area contributed by atoms with Crippen molar-refractivity contribution >= 4 is 39.4 Å². The van der Waals surface area contributed by atoms with Crippen molar-refractivity contribution < 1.29 is 18.7 Å². The molecule has 1 N–H and O–H groups in total. The number of methoxy groups -OCH3 is 1. The van der Waals surface area contributed by atoms with Crippen LogP contribution in [0.4, 0.5) is 5.69 Å². The van der Waals surface area contributed by atoms with Crippen LogP contribution in [-0.2, 0) is 11.2 Å². The molecule has 0 aliphatic carbocycles. The van der Waals surface area contributed by atoms with Gasteiger partial charge in [-0.25, -0.2) is 0 Å². The Morgan fingerprint density at radius 1 is 0.943 bits per heavy atom. The number of furan rings is 1. The molecule has 1 saturated heterocycles. The monoisotopic (exact) mass is 471 g/mol. The van der Waals surface area contributed by atoms with Crippen LogP contribution in [0.15, 0.2) is 65.1 Å². The van der Waals surface area contributed by atoms with Crippen molar-refractivity contribution in [2.24, 2.45) is 0 Å². The Hall–Kier alpha value is -3.84. The molecule has 7 nitrogen and oxygen atoms in total. The Balaban J connectivity index is 1.21. The first-order chi connectivity index (χ1) is 17.1. The maximum absolute atomic E-state index is 12.8. The molecule has 3 aromatic carbocycles. The van der Waals surface area contributed by atoms with Crippen molar-refractivity contribution in [2.45, 2.75) is 13.3 Å². The summed E-state index contributed by atoms with van der Waals surface area (Å²) < 4.78 is 11.5. The van der Waals surface area contributed by atoms with Gasteiger partial charge in [0.1, 0.15) is 16.9 Å². The first-order valence-electron chi connectivity index (χ1n) is 12.0. The van der Waals surface area contributed by atoms with E-state index in [0.29, 0.717) is 48.8 Å². The van der Waals surface area contributed by atoms with Gasteiger partial charge >= 0.3 is 0 Å². The van der Waals surface area contributed by atoms with Gasteiger partial charge in [-0.05, 0) is 36.2 Å². The molecule has 4 aromatic rings. The minimum atomic E-state index is -0.131. The molecule has 2 amide bonds. The number of aryl methyl sites for hydroxylation is 1. The predicted octanol–water partition coefficient (Wildman–Crippen LogP) is 4.55. The van der Waals surface area contributed by atoms with Gasteiger partial charge in [-0.1, -0.05) is 37.3 Å². The highest BCUT2D eigenvalue weighted by Gasteiger charge is 2.24. The summed E-state index contributed by atoms with van der Waals surface area (Å²) in [5, 5.41) is 4.92. The summed E-state index contributed by atoms with van der Waals surface area (Å²) in [6, 6.07) is 19.3. The zero-order chi connectivity index (χ0) is 24.4. The summed E-state index contributed by atoms with van der Waals surface area (Å²) in [5.74, 6) is 0.497. The zero-order valence-electron chi connectivity index (χ0n) is 20.0. The standard InChI is InChI=1S/C28H29N3O4/c1-3-19-8-10-20(11-9-19)28(33)31-14-12-30(13-15-31)18-27(32)29-23-17-25-22(16-26(23)34-2)21-6-4-5-7-24(21)35-25/h4-11,16-17H,3,12-15,18H2,1-2H3,(H,29,32). The van der Waals surface area contributed by atoms with Crippen molar-refractivity contribution in [2.75, 3.05) is 45.2 Å². The molecule has 0 bridgehead atoms. The maximum atomic E-state index is 12.8. The molecule has 7 heteroatoms. The lowest BCUT2D eigenvalue weighted by Gasteiger charge is -2.34. The topological polar surface area (TPSA) is 75.0 Å². The van der Waals surface area contributed by atoms with Crippen LogP contribution in [0.5, 0.6) is 5.75 Å². The Labute approximate surface area is 204 Å². The van der Waals surface area contributed by atoms with Crippen LogP contribution in [0.25, 0.3) is 21.9 Å². The molecule has 0 spiro atoms. The Morgan fingerprint density at radius 3 is 2.40 bits per heavy atom. The number of carbonyl (C=O) groups is 2. The molecule has 1 fully saturated rings. The fourth-order valence-electron chi connectivity index (χ4n) is 4.59. The number of ether oxygens (including phenoxy) is 1. The second kappa shape index (κ2) is 9.80. The third-order valence-corrected chi connectivity index (χ3v) is 6.61. The van der Waals surface area contributed by atoms with Crippen molar-refractivity contribution in [3.63, 3.8) is 0 Å². The Kier molecular flexibility index (Phi) is 6.42. The van der Waals surface area contributed by atoms with Gasteiger partial charge in [0.25, 0.3) is 5.91 Å². The average molecular weight is 472 g/mol. The van der Waals surface area contributed by atoms with Crippen LogP contribution in [-0.4, -0.2) is 61.4 Å². The van der Waals surface area contributed by atoms with Crippen LogP contribution in [0.3, 0.4) is 0 Å². The van der Waals surface area contributed by atoms with E-state index in [2.05, 4.69) is 17.1 Å². The van der Waals surface area contributed by atoms with Crippen LogP contribution in [0.1, 0.15) is 22.8 Å².